The molecule has 1 aliphatic rings. The second-order valence-corrected chi connectivity index (χ2v) is 4.17. The van der Waals surface area contributed by atoms with Crippen LogP contribution in [-0.2, 0) is 6.18 Å². The minimum atomic E-state index is -4.38. The number of aryl methyl sites for hydroxylation is 1. The fourth-order valence-electron chi connectivity index (χ4n) is 1.63. The maximum absolute atomic E-state index is 12.5. The normalized spacial score (nSPS) is 16.2. The van der Waals surface area contributed by atoms with Crippen molar-refractivity contribution in [3.8, 4) is 0 Å². The number of hydrogen-bond donors (Lipinski definition) is 0. The number of carbonyl (C=O) groups excluding carboxylic acids is 1. The fourth-order valence-corrected chi connectivity index (χ4v) is 1.63. The van der Waals surface area contributed by atoms with Gasteiger partial charge in [0.2, 0.25) is 0 Å². The minimum Gasteiger partial charge on any atom is -0.294 e. The van der Waals surface area contributed by atoms with Crippen molar-refractivity contribution in [2.24, 2.45) is 5.92 Å². The van der Waals surface area contributed by atoms with E-state index in [2.05, 4.69) is 0 Å². The number of alkyl halides is 3. The van der Waals surface area contributed by atoms with E-state index in [4.69, 9.17) is 0 Å². The molecule has 1 aromatic carbocycles. The van der Waals surface area contributed by atoms with Gasteiger partial charge in [0.05, 0.1) is 5.56 Å². The molecule has 86 valence electrons. The average molecular weight is 228 g/mol. The zero-order valence-electron chi connectivity index (χ0n) is 8.77. The summed E-state index contributed by atoms with van der Waals surface area (Å²) >= 11 is 0. The Morgan fingerprint density at radius 2 is 1.94 bits per heavy atom. The van der Waals surface area contributed by atoms with Crippen molar-refractivity contribution in [1.82, 2.24) is 0 Å². The van der Waals surface area contributed by atoms with Gasteiger partial charge in [-0.25, -0.2) is 0 Å². The Hall–Kier alpha value is -1.32. The van der Waals surface area contributed by atoms with Crippen LogP contribution in [0.4, 0.5) is 13.2 Å². The molecule has 16 heavy (non-hydrogen) atoms. The molecule has 0 saturated heterocycles. The summed E-state index contributed by atoms with van der Waals surface area (Å²) in [4.78, 5) is 11.7. The molecule has 0 unspecified atom stereocenters. The van der Waals surface area contributed by atoms with Crippen molar-refractivity contribution >= 4 is 5.78 Å². The van der Waals surface area contributed by atoms with Gasteiger partial charge >= 0.3 is 6.18 Å². The highest BCUT2D eigenvalue weighted by molar-refractivity contribution is 6.00. The van der Waals surface area contributed by atoms with Crippen molar-refractivity contribution in [2.75, 3.05) is 0 Å². The van der Waals surface area contributed by atoms with Crippen LogP contribution in [0, 0.1) is 12.8 Å². The largest absolute Gasteiger partial charge is 0.416 e. The molecule has 1 aromatic rings. The highest BCUT2D eigenvalue weighted by Crippen LogP contribution is 2.36. The molecule has 0 atom stereocenters. The maximum Gasteiger partial charge on any atom is 0.416 e. The van der Waals surface area contributed by atoms with Crippen LogP contribution < -0.4 is 0 Å². The van der Waals surface area contributed by atoms with Gasteiger partial charge in [-0.2, -0.15) is 13.2 Å². The SMILES string of the molecule is Cc1ccc(C(F)(F)F)cc1C(=O)C1CC1. The number of ketones is 1. The summed E-state index contributed by atoms with van der Waals surface area (Å²) < 4.78 is 37.4. The molecule has 0 spiro atoms. The molecular weight excluding hydrogens is 217 g/mol. The summed E-state index contributed by atoms with van der Waals surface area (Å²) in [7, 11) is 0. The summed E-state index contributed by atoms with van der Waals surface area (Å²) in [5.41, 5.74) is 0.0873. The number of hydrogen-bond acceptors (Lipinski definition) is 1. The van der Waals surface area contributed by atoms with Gasteiger partial charge in [-0.05, 0) is 37.5 Å². The van der Waals surface area contributed by atoms with E-state index in [-0.39, 0.29) is 17.3 Å². The first-order valence-corrected chi connectivity index (χ1v) is 5.11. The van der Waals surface area contributed by atoms with Crippen LogP contribution >= 0.6 is 0 Å². The zero-order valence-corrected chi connectivity index (χ0v) is 8.77. The van der Waals surface area contributed by atoms with Gasteiger partial charge in [0.15, 0.2) is 5.78 Å². The van der Waals surface area contributed by atoms with E-state index in [1.54, 1.807) is 6.92 Å². The Bertz CT molecular complexity index is 430. The first-order valence-electron chi connectivity index (χ1n) is 5.11. The molecule has 2 rings (SSSR count). The van der Waals surface area contributed by atoms with Crippen molar-refractivity contribution in [3.05, 3.63) is 34.9 Å². The molecule has 0 aliphatic heterocycles. The Kier molecular flexibility index (Phi) is 2.52. The lowest BCUT2D eigenvalue weighted by Gasteiger charge is -2.10. The number of benzene rings is 1. The smallest absolute Gasteiger partial charge is 0.294 e. The van der Waals surface area contributed by atoms with Crippen molar-refractivity contribution in [3.63, 3.8) is 0 Å². The average Bonchev–Trinajstić information content (AvgIpc) is 2.98. The molecule has 0 heterocycles. The molecular formula is C12H11F3O. The van der Waals surface area contributed by atoms with Gasteiger partial charge in [0.25, 0.3) is 0 Å². The third-order valence-electron chi connectivity index (χ3n) is 2.78. The van der Waals surface area contributed by atoms with E-state index in [9.17, 15) is 18.0 Å². The van der Waals surface area contributed by atoms with Gasteiger partial charge < -0.3 is 0 Å². The van der Waals surface area contributed by atoms with Gasteiger partial charge in [0, 0.05) is 11.5 Å². The van der Waals surface area contributed by atoms with Crippen molar-refractivity contribution in [1.29, 1.82) is 0 Å². The standard InChI is InChI=1S/C12H11F3O/c1-7-2-5-9(12(13,14)15)6-10(7)11(16)8-3-4-8/h2,5-6,8H,3-4H2,1H3. The second-order valence-electron chi connectivity index (χ2n) is 4.17. The van der Waals surface area contributed by atoms with E-state index in [0.29, 0.717) is 5.56 Å². The molecule has 1 nitrogen and oxygen atoms in total. The van der Waals surface area contributed by atoms with E-state index in [1.807, 2.05) is 0 Å². The third-order valence-corrected chi connectivity index (χ3v) is 2.78. The summed E-state index contributed by atoms with van der Waals surface area (Å²) in [6, 6.07) is 3.34. The lowest BCUT2D eigenvalue weighted by Crippen LogP contribution is -2.10. The van der Waals surface area contributed by atoms with Crippen LogP contribution in [0.2, 0.25) is 0 Å². The van der Waals surface area contributed by atoms with Crippen molar-refractivity contribution < 1.29 is 18.0 Å². The molecule has 0 amide bonds. The van der Waals surface area contributed by atoms with Crippen LogP contribution in [0.5, 0.6) is 0 Å². The van der Waals surface area contributed by atoms with Gasteiger partial charge in [-0.3, -0.25) is 4.79 Å². The van der Waals surface area contributed by atoms with E-state index in [0.717, 1.165) is 25.0 Å². The van der Waals surface area contributed by atoms with Crippen molar-refractivity contribution in [2.45, 2.75) is 25.9 Å². The predicted molar refractivity (Wildman–Crippen MR) is 53.2 cm³/mol. The highest BCUT2D eigenvalue weighted by Gasteiger charge is 2.34. The molecule has 1 saturated carbocycles. The molecule has 1 aliphatic carbocycles. The summed E-state index contributed by atoms with van der Waals surface area (Å²) in [6.07, 6.45) is -2.78. The molecule has 4 heteroatoms. The number of Topliss-reactive ketones (excluding diaryl/α,β-unsaturated/α-hetero) is 1. The fraction of sp³-hybridized carbons (Fsp3) is 0.417. The van der Waals surface area contributed by atoms with Crippen LogP contribution in [-0.4, -0.2) is 5.78 Å². The van der Waals surface area contributed by atoms with E-state index >= 15 is 0 Å². The third kappa shape index (κ3) is 2.10. The maximum atomic E-state index is 12.5. The monoisotopic (exact) mass is 228 g/mol. The summed E-state index contributed by atoms with van der Waals surface area (Å²) in [6.45, 7) is 1.66. The quantitative estimate of drug-likeness (QED) is 0.707. The molecule has 0 N–H and O–H groups in total. The molecule has 0 bridgehead atoms. The van der Waals surface area contributed by atoms with E-state index < -0.39 is 11.7 Å². The lowest BCUT2D eigenvalue weighted by molar-refractivity contribution is -0.137. The van der Waals surface area contributed by atoms with Gasteiger partial charge in [0.1, 0.15) is 0 Å². The number of carbonyl (C=O) groups is 1. The van der Waals surface area contributed by atoms with Crippen LogP contribution in [0.1, 0.15) is 34.3 Å². The second kappa shape index (κ2) is 3.61. The first-order chi connectivity index (χ1) is 7.39. The van der Waals surface area contributed by atoms with Crippen LogP contribution in [0.25, 0.3) is 0 Å². The van der Waals surface area contributed by atoms with Crippen LogP contribution in [0.3, 0.4) is 0 Å². The summed E-state index contributed by atoms with van der Waals surface area (Å²) in [5.74, 6) is -0.203. The first kappa shape index (κ1) is 11.2. The van der Waals surface area contributed by atoms with E-state index in [1.165, 1.54) is 6.07 Å². The number of rotatable bonds is 2. The van der Waals surface area contributed by atoms with Crippen LogP contribution in [0.15, 0.2) is 18.2 Å². The topological polar surface area (TPSA) is 17.1 Å². The summed E-state index contributed by atoms with van der Waals surface area (Å²) in [5, 5.41) is 0. The Morgan fingerprint density at radius 3 is 2.44 bits per heavy atom. The molecule has 1 fully saturated rings. The predicted octanol–water partition coefficient (Wildman–Crippen LogP) is 3.61. The van der Waals surface area contributed by atoms with Gasteiger partial charge in [-0.15, -0.1) is 0 Å². The Balaban J connectivity index is 2.40. The van der Waals surface area contributed by atoms with Gasteiger partial charge in [-0.1, -0.05) is 6.07 Å². The zero-order chi connectivity index (χ0) is 11.9. The highest BCUT2D eigenvalue weighted by atomic mass is 19.4. The Morgan fingerprint density at radius 1 is 1.31 bits per heavy atom. The molecule has 0 radical (unpaired) electrons. The lowest BCUT2D eigenvalue weighted by atomic mass is 9.99. The Labute approximate surface area is 91.3 Å². The minimum absolute atomic E-state index is 0.0535. The number of halogens is 3. The molecule has 0 aromatic heterocycles.